The molecule has 0 bridgehead atoms. The molecule has 4 atom stereocenters. The van der Waals surface area contributed by atoms with Gasteiger partial charge in [-0.05, 0) is 44.9 Å². The van der Waals surface area contributed by atoms with Crippen molar-refractivity contribution in [2.24, 2.45) is 11.8 Å². The first-order chi connectivity index (χ1) is 13.8. The summed E-state index contributed by atoms with van der Waals surface area (Å²) in [5.41, 5.74) is 0.785. The van der Waals surface area contributed by atoms with E-state index in [1.54, 1.807) is 18.2 Å². The number of amides is 3. The van der Waals surface area contributed by atoms with Gasteiger partial charge in [-0.1, -0.05) is 18.9 Å². The topological polar surface area (TPSA) is 117 Å². The number of carbonyl (C=O) groups is 4. The lowest BCUT2D eigenvalue weighted by molar-refractivity contribution is -0.163. The highest BCUT2D eigenvalue weighted by Crippen LogP contribution is 2.38. The van der Waals surface area contributed by atoms with E-state index in [0.717, 1.165) is 17.7 Å². The molecule has 152 valence electrons. The Labute approximate surface area is 168 Å². The number of carbonyl (C=O) groups excluding carboxylic acids is 4. The van der Waals surface area contributed by atoms with Crippen LogP contribution in [0.15, 0.2) is 24.3 Å². The standard InChI is InChI=1S/C21H23N3O5/c1-12(24-19(26)16-8-3-4-9-17(16)20(24)27)21(28)29-13(2)18(25)23-15-7-5-6-14(10-15)11-22/h5-7,10,12-13,16-17H,3-4,8-9H2,1-2H3,(H,23,25)/t12-,13-,16-,17-/m0/s1. The minimum absolute atomic E-state index is 0.324. The maximum absolute atomic E-state index is 12.6. The number of benzene rings is 1. The molecule has 2 aliphatic rings. The maximum Gasteiger partial charge on any atom is 0.329 e. The SMILES string of the molecule is C[C@H](OC(=O)[C@H](C)N1C(=O)[C@H]2CCCC[C@@H]2C1=O)C(=O)Nc1cccc(C#N)c1. The number of nitriles is 1. The fourth-order valence-electron chi connectivity index (χ4n) is 3.91. The second-order valence-electron chi connectivity index (χ2n) is 7.48. The third-order valence-corrected chi connectivity index (χ3v) is 5.52. The Morgan fingerprint density at radius 1 is 1.17 bits per heavy atom. The Morgan fingerprint density at radius 2 is 1.79 bits per heavy atom. The molecule has 0 radical (unpaired) electrons. The van der Waals surface area contributed by atoms with Crippen LogP contribution >= 0.6 is 0 Å². The lowest BCUT2D eigenvalue weighted by atomic mass is 9.81. The van der Waals surface area contributed by atoms with Crippen LogP contribution < -0.4 is 5.32 Å². The van der Waals surface area contributed by atoms with Crippen LogP contribution in [0.1, 0.15) is 45.1 Å². The number of anilines is 1. The molecule has 0 spiro atoms. The average molecular weight is 397 g/mol. The fraction of sp³-hybridized carbons (Fsp3) is 0.476. The smallest absolute Gasteiger partial charge is 0.329 e. The second-order valence-corrected chi connectivity index (χ2v) is 7.48. The van der Waals surface area contributed by atoms with E-state index < -0.39 is 24.0 Å². The number of rotatable bonds is 5. The highest BCUT2D eigenvalue weighted by Gasteiger charge is 2.51. The Kier molecular flexibility index (Phi) is 5.97. The second kappa shape index (κ2) is 8.43. The van der Waals surface area contributed by atoms with Crippen molar-refractivity contribution in [3.05, 3.63) is 29.8 Å². The molecular weight excluding hydrogens is 374 g/mol. The zero-order valence-electron chi connectivity index (χ0n) is 16.4. The van der Waals surface area contributed by atoms with Crippen LogP contribution in [0.4, 0.5) is 5.69 Å². The zero-order valence-corrected chi connectivity index (χ0v) is 16.4. The predicted octanol–water partition coefficient (Wildman–Crippen LogP) is 1.99. The third kappa shape index (κ3) is 4.14. The van der Waals surface area contributed by atoms with Crippen molar-refractivity contribution in [1.29, 1.82) is 5.26 Å². The minimum Gasteiger partial charge on any atom is -0.451 e. The van der Waals surface area contributed by atoms with E-state index in [0.29, 0.717) is 24.1 Å². The Balaban J connectivity index is 1.61. The van der Waals surface area contributed by atoms with Gasteiger partial charge in [-0.15, -0.1) is 0 Å². The van der Waals surface area contributed by atoms with E-state index in [2.05, 4.69) is 5.32 Å². The van der Waals surface area contributed by atoms with Crippen LogP contribution in [0.5, 0.6) is 0 Å². The van der Waals surface area contributed by atoms with Crippen molar-refractivity contribution in [3.8, 4) is 6.07 Å². The van der Waals surface area contributed by atoms with Gasteiger partial charge in [0, 0.05) is 5.69 Å². The third-order valence-electron chi connectivity index (χ3n) is 5.52. The lowest BCUT2D eigenvalue weighted by Crippen LogP contribution is -2.46. The van der Waals surface area contributed by atoms with Gasteiger partial charge in [0.2, 0.25) is 11.8 Å². The predicted molar refractivity (Wildman–Crippen MR) is 102 cm³/mol. The quantitative estimate of drug-likeness (QED) is 0.600. The molecule has 1 aromatic rings. The number of nitrogens with one attached hydrogen (secondary N) is 1. The highest BCUT2D eigenvalue weighted by atomic mass is 16.5. The average Bonchev–Trinajstić information content (AvgIpc) is 2.98. The molecular formula is C21H23N3O5. The van der Waals surface area contributed by atoms with Crippen LogP contribution in [0.3, 0.4) is 0 Å². The van der Waals surface area contributed by atoms with E-state index in [1.165, 1.54) is 19.9 Å². The van der Waals surface area contributed by atoms with Crippen LogP contribution in [0.2, 0.25) is 0 Å². The zero-order chi connectivity index (χ0) is 21.1. The van der Waals surface area contributed by atoms with Gasteiger partial charge in [0.15, 0.2) is 6.10 Å². The van der Waals surface area contributed by atoms with Gasteiger partial charge in [0.05, 0.1) is 23.5 Å². The fourth-order valence-corrected chi connectivity index (χ4v) is 3.91. The summed E-state index contributed by atoms with van der Waals surface area (Å²) in [5, 5.41) is 11.5. The van der Waals surface area contributed by atoms with Crippen molar-refractivity contribution < 1.29 is 23.9 Å². The van der Waals surface area contributed by atoms with Crippen molar-refractivity contribution in [1.82, 2.24) is 4.90 Å². The number of esters is 1. The van der Waals surface area contributed by atoms with Crippen molar-refractivity contribution in [2.45, 2.75) is 51.7 Å². The van der Waals surface area contributed by atoms with Gasteiger partial charge < -0.3 is 10.1 Å². The summed E-state index contributed by atoms with van der Waals surface area (Å²) in [6, 6.07) is 7.22. The Morgan fingerprint density at radius 3 is 2.38 bits per heavy atom. The van der Waals surface area contributed by atoms with Crippen molar-refractivity contribution in [2.75, 3.05) is 5.32 Å². The molecule has 1 saturated carbocycles. The lowest BCUT2D eigenvalue weighted by Gasteiger charge is -2.23. The van der Waals surface area contributed by atoms with Crippen molar-refractivity contribution >= 4 is 29.4 Å². The molecule has 1 N–H and O–H groups in total. The van der Waals surface area contributed by atoms with Crippen LogP contribution in [0.25, 0.3) is 0 Å². The van der Waals surface area contributed by atoms with E-state index in [-0.39, 0.29) is 23.7 Å². The normalized spacial score (nSPS) is 23.0. The Hall–Kier alpha value is -3.21. The molecule has 2 fully saturated rings. The summed E-state index contributed by atoms with van der Waals surface area (Å²) in [6.07, 6.45) is 1.99. The Bertz CT molecular complexity index is 867. The molecule has 1 heterocycles. The first-order valence-electron chi connectivity index (χ1n) is 9.72. The summed E-state index contributed by atoms with van der Waals surface area (Å²) in [7, 11) is 0. The summed E-state index contributed by atoms with van der Waals surface area (Å²) in [6.45, 7) is 2.85. The van der Waals surface area contributed by atoms with Gasteiger partial charge >= 0.3 is 5.97 Å². The number of imide groups is 1. The first kappa shape index (κ1) is 20.5. The number of fused-ring (bicyclic) bond motifs is 1. The summed E-state index contributed by atoms with van der Waals surface area (Å²) in [4.78, 5) is 51.0. The van der Waals surface area contributed by atoms with E-state index in [1.807, 2.05) is 6.07 Å². The molecule has 0 unspecified atom stereocenters. The molecule has 3 rings (SSSR count). The van der Waals surface area contributed by atoms with Crippen LogP contribution in [0, 0.1) is 23.2 Å². The number of ether oxygens (including phenoxy) is 1. The minimum atomic E-state index is -1.13. The molecule has 1 saturated heterocycles. The number of likely N-dealkylation sites (tertiary alicyclic amines) is 1. The molecule has 8 heteroatoms. The molecule has 29 heavy (non-hydrogen) atoms. The van der Waals surface area contributed by atoms with Gasteiger partial charge in [-0.2, -0.15) is 5.26 Å². The summed E-state index contributed by atoms with van der Waals surface area (Å²) < 4.78 is 5.20. The first-order valence-corrected chi connectivity index (χ1v) is 9.72. The maximum atomic E-state index is 12.6. The van der Waals surface area contributed by atoms with Crippen LogP contribution in [-0.2, 0) is 23.9 Å². The van der Waals surface area contributed by atoms with Gasteiger partial charge in [0.1, 0.15) is 6.04 Å². The summed E-state index contributed by atoms with van der Waals surface area (Å²) >= 11 is 0. The molecule has 1 aliphatic heterocycles. The van der Waals surface area contributed by atoms with E-state index in [4.69, 9.17) is 10.00 Å². The number of hydrogen-bond donors (Lipinski definition) is 1. The largest absolute Gasteiger partial charge is 0.451 e. The van der Waals surface area contributed by atoms with Gasteiger partial charge in [0.25, 0.3) is 5.91 Å². The highest BCUT2D eigenvalue weighted by molar-refractivity contribution is 6.08. The van der Waals surface area contributed by atoms with E-state index in [9.17, 15) is 19.2 Å². The van der Waals surface area contributed by atoms with Crippen molar-refractivity contribution in [3.63, 3.8) is 0 Å². The van der Waals surface area contributed by atoms with Gasteiger partial charge in [-0.25, -0.2) is 4.79 Å². The van der Waals surface area contributed by atoms with E-state index >= 15 is 0 Å². The monoisotopic (exact) mass is 397 g/mol. The van der Waals surface area contributed by atoms with Gasteiger partial charge in [-0.3, -0.25) is 19.3 Å². The summed E-state index contributed by atoms with van der Waals surface area (Å²) in [5.74, 6) is -2.73. The molecule has 8 nitrogen and oxygen atoms in total. The number of hydrogen-bond acceptors (Lipinski definition) is 6. The molecule has 3 amide bonds. The molecule has 1 aromatic carbocycles. The van der Waals surface area contributed by atoms with Crippen LogP contribution in [-0.4, -0.2) is 40.7 Å². The molecule has 0 aromatic heterocycles. The number of nitrogens with zero attached hydrogens (tertiary/aromatic N) is 2. The molecule has 1 aliphatic carbocycles.